The Labute approximate surface area is 174 Å². The Hall–Kier alpha value is -3.73. The zero-order valence-corrected chi connectivity index (χ0v) is 17.0. The molecular weight excluding hydrogens is 379 g/mol. The largest absolute Gasteiger partial charge is 0.319 e. The SMILES string of the molecule is Cc1cc(C)c(NC(=O)C(=O)c2c(-c3ccc(F)cc3)cc3ccccn23)c(C)c1. The maximum Gasteiger partial charge on any atom is 0.298 e. The zero-order chi connectivity index (χ0) is 21.4. The van der Waals surface area contributed by atoms with E-state index in [1.165, 1.54) is 12.1 Å². The highest BCUT2D eigenvalue weighted by Gasteiger charge is 2.25. The molecule has 0 aliphatic heterocycles. The van der Waals surface area contributed by atoms with Crippen LogP contribution in [0.2, 0.25) is 0 Å². The van der Waals surface area contributed by atoms with E-state index in [9.17, 15) is 14.0 Å². The summed E-state index contributed by atoms with van der Waals surface area (Å²) in [4.78, 5) is 26.2. The molecule has 0 saturated carbocycles. The average Bonchev–Trinajstić information content (AvgIpc) is 3.10. The van der Waals surface area contributed by atoms with Crippen LogP contribution in [0.3, 0.4) is 0 Å². The Kier molecular flexibility index (Phi) is 4.96. The van der Waals surface area contributed by atoms with E-state index >= 15 is 0 Å². The Morgan fingerprint density at radius 3 is 2.23 bits per heavy atom. The minimum atomic E-state index is -0.711. The van der Waals surface area contributed by atoms with Gasteiger partial charge in [0.25, 0.3) is 11.7 Å². The van der Waals surface area contributed by atoms with Crippen LogP contribution in [-0.4, -0.2) is 16.1 Å². The van der Waals surface area contributed by atoms with Crippen molar-refractivity contribution in [1.82, 2.24) is 4.40 Å². The molecule has 0 atom stereocenters. The van der Waals surface area contributed by atoms with Crippen molar-refractivity contribution in [3.8, 4) is 11.1 Å². The number of pyridine rings is 1. The van der Waals surface area contributed by atoms with Crippen LogP contribution in [0.1, 0.15) is 27.2 Å². The lowest BCUT2D eigenvalue weighted by Gasteiger charge is -2.13. The molecule has 4 rings (SSSR count). The first-order valence-electron chi connectivity index (χ1n) is 9.64. The molecule has 30 heavy (non-hydrogen) atoms. The van der Waals surface area contributed by atoms with Gasteiger partial charge in [0.15, 0.2) is 0 Å². The van der Waals surface area contributed by atoms with Crippen molar-refractivity contribution in [3.63, 3.8) is 0 Å². The second-order valence-electron chi connectivity index (χ2n) is 7.47. The quantitative estimate of drug-likeness (QED) is 0.364. The van der Waals surface area contributed by atoms with Gasteiger partial charge in [-0.25, -0.2) is 4.39 Å². The second kappa shape index (κ2) is 7.59. The van der Waals surface area contributed by atoms with Crippen LogP contribution in [0.5, 0.6) is 0 Å². The molecule has 0 saturated heterocycles. The lowest BCUT2D eigenvalue weighted by molar-refractivity contribution is -0.112. The fourth-order valence-electron chi connectivity index (χ4n) is 3.86. The molecule has 1 N–H and O–H groups in total. The number of nitrogens with one attached hydrogen (secondary N) is 1. The summed E-state index contributed by atoms with van der Waals surface area (Å²) in [6, 6.07) is 17.1. The van der Waals surface area contributed by atoms with Crippen LogP contribution in [0.4, 0.5) is 10.1 Å². The predicted octanol–water partition coefficient (Wildman–Crippen LogP) is 5.49. The number of aromatic nitrogens is 1. The molecule has 150 valence electrons. The Balaban J connectivity index is 1.78. The molecule has 4 aromatic rings. The van der Waals surface area contributed by atoms with Crippen molar-refractivity contribution < 1.29 is 14.0 Å². The van der Waals surface area contributed by atoms with E-state index in [-0.39, 0.29) is 11.5 Å². The van der Waals surface area contributed by atoms with E-state index in [1.54, 1.807) is 28.8 Å². The van der Waals surface area contributed by atoms with Gasteiger partial charge in [-0.2, -0.15) is 0 Å². The van der Waals surface area contributed by atoms with Crippen molar-refractivity contribution >= 4 is 22.9 Å². The molecule has 0 unspecified atom stereocenters. The molecular formula is C25H21FN2O2. The number of rotatable bonds is 4. The first kappa shape index (κ1) is 19.6. The number of halogens is 1. The summed E-state index contributed by atoms with van der Waals surface area (Å²) in [5.74, 6) is -1.73. The van der Waals surface area contributed by atoms with E-state index in [0.29, 0.717) is 16.8 Å². The third-order valence-electron chi connectivity index (χ3n) is 5.17. The number of carbonyl (C=O) groups is 2. The van der Waals surface area contributed by atoms with Gasteiger partial charge in [-0.1, -0.05) is 35.9 Å². The predicted molar refractivity (Wildman–Crippen MR) is 116 cm³/mol. The summed E-state index contributed by atoms with van der Waals surface area (Å²) in [7, 11) is 0. The molecule has 2 aromatic carbocycles. The average molecular weight is 400 g/mol. The van der Waals surface area contributed by atoms with Crippen LogP contribution < -0.4 is 5.32 Å². The number of nitrogens with zero attached hydrogens (tertiary/aromatic N) is 1. The standard InChI is InChI=1S/C25H21FN2O2/c1-15-12-16(2)22(17(3)13-15)27-25(30)24(29)23-21(18-7-9-19(26)10-8-18)14-20-6-4-5-11-28(20)23/h4-14H,1-3H3,(H,27,30). The Morgan fingerprint density at radius 1 is 0.900 bits per heavy atom. The molecule has 4 nitrogen and oxygen atoms in total. The fraction of sp³-hybridized carbons (Fsp3) is 0.120. The number of hydrogen-bond acceptors (Lipinski definition) is 2. The fourth-order valence-corrected chi connectivity index (χ4v) is 3.86. The van der Waals surface area contributed by atoms with Gasteiger partial charge < -0.3 is 9.72 Å². The van der Waals surface area contributed by atoms with Crippen molar-refractivity contribution in [3.05, 3.63) is 95.1 Å². The van der Waals surface area contributed by atoms with Gasteiger partial charge in [-0.3, -0.25) is 9.59 Å². The number of hydrogen-bond donors (Lipinski definition) is 1. The number of amides is 1. The summed E-state index contributed by atoms with van der Waals surface area (Å²) in [5, 5.41) is 2.78. The van der Waals surface area contributed by atoms with Crippen LogP contribution in [-0.2, 0) is 4.79 Å². The van der Waals surface area contributed by atoms with Gasteiger partial charge in [0.2, 0.25) is 0 Å². The maximum absolute atomic E-state index is 13.4. The van der Waals surface area contributed by atoms with Gasteiger partial charge in [0.05, 0.1) is 0 Å². The maximum atomic E-state index is 13.4. The van der Waals surface area contributed by atoms with Crippen molar-refractivity contribution in [1.29, 1.82) is 0 Å². The minimum Gasteiger partial charge on any atom is -0.319 e. The van der Waals surface area contributed by atoms with Crippen molar-refractivity contribution in [2.45, 2.75) is 20.8 Å². The number of fused-ring (bicyclic) bond motifs is 1. The second-order valence-corrected chi connectivity index (χ2v) is 7.47. The third-order valence-corrected chi connectivity index (χ3v) is 5.17. The van der Waals surface area contributed by atoms with E-state index < -0.39 is 11.7 Å². The molecule has 0 spiro atoms. The first-order valence-corrected chi connectivity index (χ1v) is 9.64. The summed E-state index contributed by atoms with van der Waals surface area (Å²) in [6.07, 6.45) is 1.74. The lowest BCUT2D eigenvalue weighted by atomic mass is 10.0. The molecule has 0 bridgehead atoms. The zero-order valence-electron chi connectivity index (χ0n) is 17.0. The summed E-state index contributed by atoms with van der Waals surface area (Å²) in [6.45, 7) is 5.78. The van der Waals surface area contributed by atoms with Gasteiger partial charge in [-0.05, 0) is 67.8 Å². The van der Waals surface area contributed by atoms with Crippen molar-refractivity contribution in [2.24, 2.45) is 0 Å². The number of benzene rings is 2. The highest BCUT2D eigenvalue weighted by molar-refractivity contribution is 6.47. The van der Waals surface area contributed by atoms with Gasteiger partial charge in [0.1, 0.15) is 11.5 Å². The van der Waals surface area contributed by atoms with Gasteiger partial charge in [-0.15, -0.1) is 0 Å². The topological polar surface area (TPSA) is 50.6 Å². The Morgan fingerprint density at radius 2 is 1.57 bits per heavy atom. The number of aryl methyl sites for hydroxylation is 3. The van der Waals surface area contributed by atoms with E-state index in [4.69, 9.17) is 0 Å². The minimum absolute atomic E-state index is 0.247. The van der Waals surface area contributed by atoms with Gasteiger partial charge in [0, 0.05) is 23.0 Å². The molecule has 2 heterocycles. The summed E-state index contributed by atoms with van der Waals surface area (Å²) < 4.78 is 15.1. The number of carbonyl (C=O) groups excluding carboxylic acids is 2. The van der Waals surface area contributed by atoms with Crippen LogP contribution in [0.15, 0.2) is 66.9 Å². The Bertz CT molecular complexity index is 1260. The summed E-state index contributed by atoms with van der Waals surface area (Å²) in [5.41, 5.74) is 5.79. The van der Waals surface area contributed by atoms with E-state index in [0.717, 1.165) is 22.2 Å². The normalized spacial score (nSPS) is 10.9. The number of anilines is 1. The third kappa shape index (κ3) is 3.50. The molecule has 2 aromatic heterocycles. The van der Waals surface area contributed by atoms with Crippen LogP contribution in [0.25, 0.3) is 16.6 Å². The molecule has 1 amide bonds. The molecule has 5 heteroatoms. The number of ketones is 1. The molecule has 0 fully saturated rings. The highest BCUT2D eigenvalue weighted by Crippen LogP contribution is 2.29. The monoisotopic (exact) mass is 400 g/mol. The van der Waals surface area contributed by atoms with Crippen LogP contribution in [0, 0.1) is 26.6 Å². The van der Waals surface area contributed by atoms with Crippen LogP contribution >= 0.6 is 0 Å². The van der Waals surface area contributed by atoms with E-state index in [2.05, 4.69) is 5.32 Å². The molecule has 0 aliphatic carbocycles. The lowest BCUT2D eigenvalue weighted by Crippen LogP contribution is -2.25. The van der Waals surface area contributed by atoms with E-state index in [1.807, 2.05) is 51.1 Å². The first-order chi connectivity index (χ1) is 14.3. The number of Topliss-reactive ketones (excluding diaryl/α,β-unsaturated/α-hetero) is 1. The van der Waals surface area contributed by atoms with Gasteiger partial charge >= 0.3 is 0 Å². The molecule has 0 aliphatic rings. The summed E-state index contributed by atoms with van der Waals surface area (Å²) >= 11 is 0. The highest BCUT2D eigenvalue weighted by atomic mass is 19.1. The van der Waals surface area contributed by atoms with Crippen molar-refractivity contribution in [2.75, 3.05) is 5.32 Å². The molecule has 0 radical (unpaired) electrons. The smallest absolute Gasteiger partial charge is 0.298 e.